The van der Waals surface area contributed by atoms with Crippen LogP contribution in [0.3, 0.4) is 0 Å². The molecule has 2 aromatic rings. The Bertz CT molecular complexity index is 888. The maximum absolute atomic E-state index is 13.7. The Morgan fingerprint density at radius 2 is 1.40 bits per heavy atom. The summed E-state index contributed by atoms with van der Waals surface area (Å²) in [7, 11) is 0. The fourth-order valence-electron chi connectivity index (χ4n) is 2.33. The smallest absolute Gasteiger partial charge is 0.339 e. The number of carbonyl (C=O) groups is 1. The third-order valence-corrected chi connectivity index (χ3v) is 3.56. The zero-order valence-electron chi connectivity index (χ0n) is 12.5. The molecule has 7 heteroatoms. The van der Waals surface area contributed by atoms with Crippen LogP contribution in [0.15, 0.2) is 47.7 Å². The Balaban J connectivity index is 1.97. The van der Waals surface area contributed by atoms with Crippen LogP contribution >= 0.6 is 0 Å². The van der Waals surface area contributed by atoms with Crippen LogP contribution in [0.1, 0.15) is 11.1 Å². The van der Waals surface area contributed by atoms with Gasteiger partial charge in [-0.15, -0.1) is 0 Å². The summed E-state index contributed by atoms with van der Waals surface area (Å²) in [5.74, 6) is -11.4. The van der Waals surface area contributed by atoms with Crippen molar-refractivity contribution in [2.45, 2.75) is 6.42 Å². The van der Waals surface area contributed by atoms with Gasteiger partial charge in [-0.2, -0.15) is 0 Å². The van der Waals surface area contributed by atoms with E-state index in [2.05, 4.69) is 0 Å². The van der Waals surface area contributed by atoms with Crippen molar-refractivity contribution < 1.29 is 31.5 Å². The molecule has 0 aromatic heterocycles. The maximum Gasteiger partial charge on any atom is 0.339 e. The molecule has 1 aliphatic rings. The highest BCUT2D eigenvalue weighted by Gasteiger charge is 2.27. The molecule has 0 saturated carbocycles. The molecule has 0 unspecified atom stereocenters. The highest BCUT2D eigenvalue weighted by atomic mass is 19.2. The van der Waals surface area contributed by atoms with E-state index in [9.17, 15) is 26.7 Å². The van der Waals surface area contributed by atoms with Crippen LogP contribution in [-0.4, -0.2) is 5.97 Å². The Morgan fingerprint density at radius 3 is 2.00 bits per heavy atom. The van der Waals surface area contributed by atoms with Crippen LogP contribution in [0.5, 0.6) is 0 Å². The average Bonchev–Trinajstić information content (AvgIpc) is 2.95. The van der Waals surface area contributed by atoms with Gasteiger partial charge < -0.3 is 4.74 Å². The molecule has 1 heterocycles. The number of carbonyl (C=O) groups excluding carboxylic acids is 1. The second-order valence-electron chi connectivity index (χ2n) is 5.25. The van der Waals surface area contributed by atoms with Gasteiger partial charge in [-0.1, -0.05) is 30.3 Å². The van der Waals surface area contributed by atoms with Gasteiger partial charge in [0, 0.05) is 12.0 Å². The number of hydrogen-bond acceptors (Lipinski definition) is 2. The van der Waals surface area contributed by atoms with Crippen LogP contribution in [0.4, 0.5) is 22.0 Å². The van der Waals surface area contributed by atoms with E-state index in [-0.39, 0.29) is 17.8 Å². The number of cyclic esters (lactones) is 1. The minimum absolute atomic E-state index is 0.196. The van der Waals surface area contributed by atoms with Crippen LogP contribution in [-0.2, 0) is 16.0 Å². The van der Waals surface area contributed by atoms with E-state index < -0.39 is 40.6 Å². The monoisotopic (exact) mass is 352 g/mol. The van der Waals surface area contributed by atoms with E-state index in [1.165, 1.54) is 6.08 Å². The summed E-state index contributed by atoms with van der Waals surface area (Å²) < 4.78 is 71.6. The van der Waals surface area contributed by atoms with E-state index in [4.69, 9.17) is 4.74 Å². The highest BCUT2D eigenvalue weighted by molar-refractivity contribution is 5.94. The average molecular weight is 352 g/mol. The van der Waals surface area contributed by atoms with Crippen molar-refractivity contribution in [3.63, 3.8) is 0 Å². The van der Waals surface area contributed by atoms with Gasteiger partial charge in [0.05, 0.1) is 5.56 Å². The molecule has 0 spiro atoms. The van der Waals surface area contributed by atoms with E-state index in [0.717, 1.165) is 5.56 Å². The predicted octanol–water partition coefficient (Wildman–Crippen LogP) is 4.45. The van der Waals surface area contributed by atoms with E-state index in [0.29, 0.717) is 6.08 Å². The van der Waals surface area contributed by atoms with Crippen molar-refractivity contribution in [2.75, 3.05) is 0 Å². The maximum atomic E-state index is 13.7. The lowest BCUT2D eigenvalue weighted by Gasteiger charge is -2.05. The molecule has 1 aliphatic heterocycles. The summed E-state index contributed by atoms with van der Waals surface area (Å²) in [6.07, 6.45) is 2.01. The van der Waals surface area contributed by atoms with Crippen LogP contribution in [0.25, 0.3) is 6.08 Å². The van der Waals surface area contributed by atoms with Crippen LogP contribution in [0.2, 0.25) is 0 Å². The highest BCUT2D eigenvalue weighted by Crippen LogP contribution is 2.28. The minimum atomic E-state index is -2.25. The molecular weight excluding hydrogens is 343 g/mol. The number of halogens is 5. The van der Waals surface area contributed by atoms with Gasteiger partial charge in [-0.3, -0.25) is 0 Å². The number of ether oxygens (including phenoxy) is 1. The predicted molar refractivity (Wildman–Crippen MR) is 78.5 cm³/mol. The zero-order chi connectivity index (χ0) is 18.1. The summed E-state index contributed by atoms with van der Waals surface area (Å²) >= 11 is 0. The quantitative estimate of drug-likeness (QED) is 0.353. The first-order valence-electron chi connectivity index (χ1n) is 7.08. The largest absolute Gasteiger partial charge is 0.423 e. The lowest BCUT2D eigenvalue weighted by atomic mass is 10.1. The number of esters is 1. The first-order valence-corrected chi connectivity index (χ1v) is 7.08. The summed E-state index contributed by atoms with van der Waals surface area (Å²) in [6.45, 7) is 0. The second-order valence-corrected chi connectivity index (χ2v) is 5.25. The third kappa shape index (κ3) is 3.17. The van der Waals surface area contributed by atoms with Gasteiger partial charge >= 0.3 is 5.97 Å². The van der Waals surface area contributed by atoms with Crippen LogP contribution < -0.4 is 0 Å². The fraction of sp³-hybridized carbons (Fsp3) is 0.0556. The first kappa shape index (κ1) is 16.9. The van der Waals surface area contributed by atoms with Gasteiger partial charge in [0.15, 0.2) is 23.3 Å². The van der Waals surface area contributed by atoms with E-state index in [1.807, 2.05) is 0 Å². The lowest BCUT2D eigenvalue weighted by molar-refractivity contribution is -0.133. The van der Waals surface area contributed by atoms with Gasteiger partial charge in [0.1, 0.15) is 5.76 Å². The van der Waals surface area contributed by atoms with Gasteiger partial charge in [-0.25, -0.2) is 26.7 Å². The number of benzene rings is 2. The minimum Gasteiger partial charge on any atom is -0.423 e. The lowest BCUT2D eigenvalue weighted by Crippen LogP contribution is -2.05. The Labute approximate surface area is 138 Å². The molecule has 0 N–H and O–H groups in total. The first-order chi connectivity index (χ1) is 11.9. The Kier molecular flexibility index (Phi) is 4.39. The molecule has 2 aromatic carbocycles. The Morgan fingerprint density at radius 1 is 0.840 bits per heavy atom. The molecule has 0 radical (unpaired) electrons. The SMILES string of the molecule is O=C1O/C(=C\c2c(F)c(F)c(F)c(F)c2F)C=C1Cc1ccccc1. The summed E-state index contributed by atoms with van der Waals surface area (Å²) in [6, 6.07) is 8.85. The molecule has 3 rings (SSSR count). The molecule has 0 atom stereocenters. The number of rotatable bonds is 3. The standard InChI is InChI=1S/C18H9F5O2/c19-13-12(14(20)16(22)17(23)15(13)21)8-11-7-10(18(24)25-11)6-9-4-2-1-3-5-9/h1-5,7-8H,6H2/b11-8-. The third-order valence-electron chi connectivity index (χ3n) is 3.56. The molecule has 0 bridgehead atoms. The van der Waals surface area contributed by atoms with Gasteiger partial charge in [0.2, 0.25) is 5.82 Å². The van der Waals surface area contributed by atoms with Gasteiger partial charge in [-0.05, 0) is 17.7 Å². The summed E-state index contributed by atoms with van der Waals surface area (Å²) in [4.78, 5) is 11.8. The van der Waals surface area contributed by atoms with Crippen molar-refractivity contribution in [3.8, 4) is 0 Å². The van der Waals surface area contributed by atoms with Crippen molar-refractivity contribution in [3.05, 3.63) is 88.0 Å². The van der Waals surface area contributed by atoms with Crippen molar-refractivity contribution in [2.24, 2.45) is 0 Å². The van der Waals surface area contributed by atoms with E-state index >= 15 is 0 Å². The number of allylic oxidation sites excluding steroid dienone is 1. The van der Waals surface area contributed by atoms with Gasteiger partial charge in [0.25, 0.3) is 0 Å². The summed E-state index contributed by atoms with van der Waals surface area (Å²) in [5, 5.41) is 0. The topological polar surface area (TPSA) is 26.3 Å². The molecule has 0 aliphatic carbocycles. The normalized spacial score (nSPS) is 15.5. The zero-order valence-corrected chi connectivity index (χ0v) is 12.5. The Hall–Kier alpha value is -2.96. The molecule has 0 fully saturated rings. The molecule has 0 amide bonds. The van der Waals surface area contributed by atoms with Crippen molar-refractivity contribution >= 4 is 12.0 Å². The van der Waals surface area contributed by atoms with Crippen LogP contribution in [0, 0.1) is 29.1 Å². The molecule has 25 heavy (non-hydrogen) atoms. The molecule has 2 nitrogen and oxygen atoms in total. The molecule has 0 saturated heterocycles. The summed E-state index contributed by atoms with van der Waals surface area (Å²) in [5.41, 5.74) is -0.180. The molecular formula is C18H9F5O2. The van der Waals surface area contributed by atoms with Crippen molar-refractivity contribution in [1.82, 2.24) is 0 Å². The fourth-order valence-corrected chi connectivity index (χ4v) is 2.33. The molecule has 128 valence electrons. The number of hydrogen-bond donors (Lipinski definition) is 0. The van der Waals surface area contributed by atoms with E-state index in [1.54, 1.807) is 30.3 Å². The second kappa shape index (κ2) is 6.51. The van der Waals surface area contributed by atoms with Crippen molar-refractivity contribution in [1.29, 1.82) is 0 Å².